The minimum atomic E-state index is -0.507. The smallest absolute Gasteiger partial charge is 0.241 e. The standard InChI is InChI=1S/C18H21N3O2.2ClH/c19-17(14-7-10-23-11-8-14)18(22)21-15-6-9-20-16(12-15)13-4-2-1-3-5-13;;/h1-6,9,12,14,17H,7-8,10-11,19H2,(H,20,21,22);2*1H. The van der Waals surface area contributed by atoms with Crippen LogP contribution in [0.3, 0.4) is 0 Å². The molecule has 1 atom stereocenters. The van der Waals surface area contributed by atoms with Crippen LogP contribution < -0.4 is 11.1 Å². The zero-order chi connectivity index (χ0) is 16.1. The van der Waals surface area contributed by atoms with Crippen molar-refractivity contribution in [2.75, 3.05) is 18.5 Å². The quantitative estimate of drug-likeness (QED) is 0.848. The molecule has 0 aliphatic carbocycles. The summed E-state index contributed by atoms with van der Waals surface area (Å²) >= 11 is 0. The molecular formula is C18H23Cl2N3O2. The number of benzene rings is 1. The van der Waals surface area contributed by atoms with Gasteiger partial charge in [0.2, 0.25) is 5.91 Å². The van der Waals surface area contributed by atoms with Gasteiger partial charge >= 0.3 is 0 Å². The number of aromatic nitrogens is 1. The number of halogens is 2. The molecule has 25 heavy (non-hydrogen) atoms. The third kappa shape index (κ3) is 5.68. The van der Waals surface area contributed by atoms with E-state index < -0.39 is 6.04 Å². The molecule has 1 saturated heterocycles. The highest BCUT2D eigenvalue weighted by molar-refractivity contribution is 5.95. The van der Waals surface area contributed by atoms with Gasteiger partial charge in [-0.1, -0.05) is 30.3 Å². The molecule has 1 fully saturated rings. The minimum absolute atomic E-state index is 0. The van der Waals surface area contributed by atoms with Crippen LogP contribution in [-0.2, 0) is 9.53 Å². The molecule has 2 aromatic rings. The van der Waals surface area contributed by atoms with E-state index in [1.807, 2.05) is 36.4 Å². The SMILES string of the molecule is Cl.Cl.NC(C(=O)Nc1ccnc(-c2ccccc2)c1)C1CCOCC1. The molecule has 2 heterocycles. The predicted octanol–water partition coefficient (Wildman–Crippen LogP) is 3.28. The summed E-state index contributed by atoms with van der Waals surface area (Å²) in [6.45, 7) is 1.36. The topological polar surface area (TPSA) is 77.2 Å². The van der Waals surface area contributed by atoms with Crippen molar-refractivity contribution < 1.29 is 9.53 Å². The fourth-order valence-electron chi connectivity index (χ4n) is 2.79. The number of pyridine rings is 1. The number of anilines is 1. The average molecular weight is 384 g/mol. The Kier molecular flexibility index (Phi) is 8.86. The summed E-state index contributed by atoms with van der Waals surface area (Å²) in [4.78, 5) is 16.7. The lowest BCUT2D eigenvalue weighted by Gasteiger charge is -2.26. The molecule has 1 aliphatic heterocycles. The first-order chi connectivity index (χ1) is 11.2. The fourth-order valence-corrected chi connectivity index (χ4v) is 2.79. The summed E-state index contributed by atoms with van der Waals surface area (Å²) in [6, 6.07) is 13.0. The van der Waals surface area contributed by atoms with Gasteiger partial charge in [-0.05, 0) is 30.9 Å². The van der Waals surface area contributed by atoms with Crippen LogP contribution in [-0.4, -0.2) is 30.1 Å². The maximum atomic E-state index is 12.4. The second-order valence-corrected chi connectivity index (χ2v) is 5.76. The summed E-state index contributed by atoms with van der Waals surface area (Å²) in [5.41, 5.74) is 8.65. The largest absolute Gasteiger partial charge is 0.381 e. The first-order valence-corrected chi connectivity index (χ1v) is 7.90. The molecular weight excluding hydrogens is 361 g/mol. The summed E-state index contributed by atoms with van der Waals surface area (Å²) in [5, 5.41) is 2.90. The lowest BCUT2D eigenvalue weighted by atomic mass is 9.92. The molecule has 1 amide bonds. The highest BCUT2D eigenvalue weighted by atomic mass is 35.5. The van der Waals surface area contributed by atoms with Crippen molar-refractivity contribution in [3.63, 3.8) is 0 Å². The summed E-state index contributed by atoms with van der Waals surface area (Å²) < 4.78 is 5.32. The Balaban J connectivity index is 0.00000156. The highest BCUT2D eigenvalue weighted by Crippen LogP contribution is 2.21. The Labute approximate surface area is 160 Å². The van der Waals surface area contributed by atoms with E-state index in [-0.39, 0.29) is 36.6 Å². The van der Waals surface area contributed by atoms with E-state index in [4.69, 9.17) is 10.5 Å². The summed E-state index contributed by atoms with van der Waals surface area (Å²) in [5.74, 6) is 0.0290. The Bertz CT molecular complexity index is 664. The van der Waals surface area contributed by atoms with E-state index >= 15 is 0 Å². The van der Waals surface area contributed by atoms with Gasteiger partial charge in [0.15, 0.2) is 0 Å². The van der Waals surface area contributed by atoms with Crippen LogP contribution in [0.4, 0.5) is 5.69 Å². The molecule has 1 aromatic carbocycles. The van der Waals surface area contributed by atoms with Gasteiger partial charge in [-0.25, -0.2) is 0 Å². The third-order valence-electron chi connectivity index (χ3n) is 4.17. The summed E-state index contributed by atoms with van der Waals surface area (Å²) in [6.07, 6.45) is 3.36. The molecule has 1 unspecified atom stereocenters. The van der Waals surface area contributed by atoms with E-state index in [9.17, 15) is 4.79 Å². The fraction of sp³-hybridized carbons (Fsp3) is 0.333. The van der Waals surface area contributed by atoms with E-state index in [0.717, 1.165) is 24.1 Å². The monoisotopic (exact) mass is 383 g/mol. The molecule has 1 aromatic heterocycles. The third-order valence-corrected chi connectivity index (χ3v) is 4.17. The summed E-state index contributed by atoms with van der Waals surface area (Å²) in [7, 11) is 0. The van der Waals surface area contributed by atoms with Crippen LogP contribution >= 0.6 is 24.8 Å². The van der Waals surface area contributed by atoms with Gasteiger partial charge in [0.25, 0.3) is 0 Å². The number of nitrogens with zero attached hydrogens (tertiary/aromatic N) is 1. The number of ether oxygens (including phenoxy) is 1. The van der Waals surface area contributed by atoms with Crippen LogP contribution in [0.25, 0.3) is 11.3 Å². The molecule has 5 nitrogen and oxygen atoms in total. The Morgan fingerprint density at radius 2 is 1.84 bits per heavy atom. The van der Waals surface area contributed by atoms with E-state index in [0.29, 0.717) is 18.9 Å². The van der Waals surface area contributed by atoms with Crippen molar-refractivity contribution in [1.29, 1.82) is 0 Å². The van der Waals surface area contributed by atoms with Crippen molar-refractivity contribution in [1.82, 2.24) is 4.98 Å². The Morgan fingerprint density at radius 3 is 2.52 bits per heavy atom. The zero-order valence-electron chi connectivity index (χ0n) is 13.8. The Hall–Kier alpha value is -1.66. The maximum Gasteiger partial charge on any atom is 0.241 e. The van der Waals surface area contributed by atoms with E-state index in [2.05, 4.69) is 10.3 Å². The molecule has 0 bridgehead atoms. The number of amides is 1. The number of nitrogens with one attached hydrogen (secondary N) is 1. The highest BCUT2D eigenvalue weighted by Gasteiger charge is 2.26. The number of hydrogen-bond acceptors (Lipinski definition) is 4. The lowest BCUT2D eigenvalue weighted by Crippen LogP contribution is -2.44. The average Bonchev–Trinajstić information content (AvgIpc) is 2.63. The van der Waals surface area contributed by atoms with Crippen LogP contribution in [0.2, 0.25) is 0 Å². The van der Waals surface area contributed by atoms with Crippen molar-refractivity contribution in [2.45, 2.75) is 18.9 Å². The number of carbonyl (C=O) groups is 1. The van der Waals surface area contributed by atoms with Gasteiger partial charge in [0.05, 0.1) is 11.7 Å². The van der Waals surface area contributed by atoms with E-state index in [1.54, 1.807) is 12.3 Å². The van der Waals surface area contributed by atoms with Gasteiger partial charge in [0.1, 0.15) is 0 Å². The van der Waals surface area contributed by atoms with Gasteiger partial charge in [-0.2, -0.15) is 0 Å². The molecule has 0 spiro atoms. The Morgan fingerprint density at radius 1 is 1.16 bits per heavy atom. The molecule has 136 valence electrons. The normalized spacial score (nSPS) is 15.4. The first kappa shape index (κ1) is 21.4. The molecule has 7 heteroatoms. The van der Waals surface area contributed by atoms with Crippen molar-refractivity contribution in [3.8, 4) is 11.3 Å². The van der Waals surface area contributed by atoms with Crippen molar-refractivity contribution in [3.05, 3.63) is 48.7 Å². The molecule has 3 N–H and O–H groups in total. The zero-order valence-corrected chi connectivity index (χ0v) is 15.4. The van der Waals surface area contributed by atoms with Crippen molar-refractivity contribution in [2.24, 2.45) is 11.7 Å². The maximum absolute atomic E-state index is 12.4. The van der Waals surface area contributed by atoms with Crippen molar-refractivity contribution >= 4 is 36.4 Å². The van der Waals surface area contributed by atoms with E-state index in [1.165, 1.54) is 0 Å². The minimum Gasteiger partial charge on any atom is -0.381 e. The number of rotatable bonds is 4. The number of hydrogen-bond donors (Lipinski definition) is 2. The van der Waals surface area contributed by atoms with Crippen LogP contribution in [0.5, 0.6) is 0 Å². The van der Waals surface area contributed by atoms with Gasteiger partial charge in [-0.15, -0.1) is 24.8 Å². The lowest BCUT2D eigenvalue weighted by molar-refractivity contribution is -0.119. The number of nitrogens with two attached hydrogens (primary N) is 1. The molecule has 1 aliphatic rings. The predicted molar refractivity (Wildman–Crippen MR) is 104 cm³/mol. The molecule has 0 radical (unpaired) electrons. The number of carbonyl (C=O) groups excluding carboxylic acids is 1. The van der Waals surface area contributed by atoms with Crippen LogP contribution in [0, 0.1) is 5.92 Å². The van der Waals surface area contributed by atoms with Gasteiger partial charge < -0.3 is 15.8 Å². The van der Waals surface area contributed by atoms with Gasteiger partial charge in [0, 0.05) is 30.7 Å². The second-order valence-electron chi connectivity index (χ2n) is 5.76. The molecule has 0 saturated carbocycles. The first-order valence-electron chi connectivity index (χ1n) is 7.90. The second kappa shape index (κ2) is 10.4. The van der Waals surface area contributed by atoms with Crippen LogP contribution in [0.15, 0.2) is 48.7 Å². The van der Waals surface area contributed by atoms with Crippen LogP contribution in [0.1, 0.15) is 12.8 Å². The van der Waals surface area contributed by atoms with Gasteiger partial charge in [-0.3, -0.25) is 9.78 Å². The molecule has 3 rings (SSSR count).